The topological polar surface area (TPSA) is 107 Å². The lowest BCUT2D eigenvalue weighted by molar-refractivity contribution is -0.188. The Morgan fingerprint density at radius 2 is 1.56 bits per heavy atom. The number of aliphatic hydroxyl groups is 1. The maximum atomic E-state index is 13.1. The van der Waals surface area contributed by atoms with Gasteiger partial charge >= 0.3 is 23.5 Å². The Bertz CT molecular complexity index is 557. The van der Waals surface area contributed by atoms with Crippen LogP contribution in [0.1, 0.15) is 79.1 Å². The normalized spacial score (nSPS) is 24.4. The minimum absolute atomic E-state index is 0.402. The molecule has 0 spiro atoms. The Kier molecular flexibility index (Phi) is 9.09. The minimum Gasteiger partial charge on any atom is -0.435 e. The summed E-state index contributed by atoms with van der Waals surface area (Å²) in [6, 6.07) is 0. The van der Waals surface area contributed by atoms with Gasteiger partial charge in [0.1, 0.15) is 0 Å². The number of cyclic esters (lactones) is 2. The second-order valence-corrected chi connectivity index (χ2v) is 7.13. The average molecular weight is 384 g/mol. The molecule has 0 bridgehead atoms. The summed E-state index contributed by atoms with van der Waals surface area (Å²) in [5.41, 5.74) is -2.58. The summed E-state index contributed by atoms with van der Waals surface area (Å²) in [4.78, 5) is 50.0. The molecule has 0 aliphatic carbocycles. The van der Waals surface area contributed by atoms with Crippen LogP contribution in [0.3, 0.4) is 0 Å². The SMILES string of the molecule is CCCCC(CC)C(=O)OC1(C(=O)C(CC)CCCC)C(=O)OC(=O)C1O. The molecule has 0 amide bonds. The molecule has 7 nitrogen and oxygen atoms in total. The van der Waals surface area contributed by atoms with E-state index < -0.39 is 47.2 Å². The molecule has 27 heavy (non-hydrogen) atoms. The Morgan fingerprint density at radius 3 is 1.96 bits per heavy atom. The number of unbranched alkanes of at least 4 members (excludes halogenated alkanes) is 2. The molecule has 0 aromatic rings. The van der Waals surface area contributed by atoms with E-state index in [1.807, 2.05) is 13.8 Å². The summed E-state index contributed by atoms with van der Waals surface area (Å²) in [5.74, 6) is -5.18. The fourth-order valence-electron chi connectivity index (χ4n) is 3.34. The first-order valence-electron chi connectivity index (χ1n) is 10.0. The van der Waals surface area contributed by atoms with E-state index in [1.54, 1.807) is 13.8 Å². The number of carbonyl (C=O) groups excluding carboxylic acids is 4. The van der Waals surface area contributed by atoms with Crippen LogP contribution in [0.15, 0.2) is 0 Å². The van der Waals surface area contributed by atoms with Crippen LogP contribution in [0.2, 0.25) is 0 Å². The summed E-state index contributed by atoms with van der Waals surface area (Å²) in [6.45, 7) is 7.53. The lowest BCUT2D eigenvalue weighted by Gasteiger charge is -2.30. The van der Waals surface area contributed by atoms with Crippen molar-refractivity contribution in [3.63, 3.8) is 0 Å². The molecule has 1 aliphatic heterocycles. The van der Waals surface area contributed by atoms with Crippen LogP contribution in [0.4, 0.5) is 0 Å². The number of Topliss-reactive ketones (excluding diaryl/α,β-unsaturated/α-hetero) is 1. The van der Waals surface area contributed by atoms with Crippen molar-refractivity contribution in [2.24, 2.45) is 11.8 Å². The molecule has 4 atom stereocenters. The standard InChI is InChI=1S/C20H32O7/c1-5-9-11-13(7-3)15(21)20(16(22)18(24)26-19(20)25)27-17(23)14(8-4)12-10-6-2/h13-14,16,22H,5-12H2,1-4H3. The van der Waals surface area contributed by atoms with E-state index in [0.29, 0.717) is 25.7 Å². The Morgan fingerprint density at radius 1 is 1.04 bits per heavy atom. The Balaban J connectivity index is 3.20. The zero-order chi connectivity index (χ0) is 20.6. The smallest absolute Gasteiger partial charge is 0.369 e. The van der Waals surface area contributed by atoms with Crippen molar-refractivity contribution < 1.29 is 33.8 Å². The van der Waals surface area contributed by atoms with Crippen LogP contribution in [-0.4, -0.2) is 40.5 Å². The van der Waals surface area contributed by atoms with Crippen molar-refractivity contribution in [1.29, 1.82) is 0 Å². The second-order valence-electron chi connectivity index (χ2n) is 7.13. The predicted octanol–water partition coefficient (Wildman–Crippen LogP) is 2.71. The van der Waals surface area contributed by atoms with Gasteiger partial charge in [0, 0.05) is 5.92 Å². The quantitative estimate of drug-likeness (QED) is 0.407. The van der Waals surface area contributed by atoms with Gasteiger partial charge in [-0.1, -0.05) is 53.4 Å². The lowest BCUT2D eigenvalue weighted by Crippen LogP contribution is -2.58. The van der Waals surface area contributed by atoms with Crippen LogP contribution in [-0.2, 0) is 28.7 Å². The highest BCUT2D eigenvalue weighted by molar-refractivity contribution is 6.19. The maximum Gasteiger partial charge on any atom is 0.369 e. The molecule has 154 valence electrons. The average Bonchev–Trinajstić information content (AvgIpc) is 2.86. The van der Waals surface area contributed by atoms with Gasteiger partial charge in [-0.15, -0.1) is 0 Å². The Labute approximate surface area is 160 Å². The first kappa shape index (κ1) is 23.3. The van der Waals surface area contributed by atoms with E-state index in [-0.39, 0.29) is 0 Å². The van der Waals surface area contributed by atoms with E-state index >= 15 is 0 Å². The van der Waals surface area contributed by atoms with Gasteiger partial charge in [0.15, 0.2) is 5.78 Å². The van der Waals surface area contributed by atoms with E-state index in [2.05, 4.69) is 4.74 Å². The molecule has 1 aliphatic rings. The van der Waals surface area contributed by atoms with E-state index in [4.69, 9.17) is 4.74 Å². The van der Waals surface area contributed by atoms with Gasteiger partial charge in [0.25, 0.3) is 0 Å². The predicted molar refractivity (Wildman–Crippen MR) is 97.5 cm³/mol. The third kappa shape index (κ3) is 4.94. The summed E-state index contributed by atoms with van der Waals surface area (Å²) < 4.78 is 9.81. The molecule has 0 aromatic carbocycles. The maximum absolute atomic E-state index is 13.1. The van der Waals surface area contributed by atoms with Crippen LogP contribution < -0.4 is 0 Å². The zero-order valence-electron chi connectivity index (χ0n) is 16.8. The molecular formula is C20H32O7. The van der Waals surface area contributed by atoms with Gasteiger partial charge in [-0.3, -0.25) is 9.59 Å². The first-order valence-corrected chi connectivity index (χ1v) is 10.0. The fraction of sp³-hybridized carbons (Fsp3) is 0.800. The van der Waals surface area contributed by atoms with E-state index in [1.165, 1.54) is 0 Å². The van der Waals surface area contributed by atoms with Crippen molar-refractivity contribution in [2.75, 3.05) is 0 Å². The molecule has 7 heteroatoms. The number of carbonyl (C=O) groups is 4. The molecule has 4 unspecified atom stereocenters. The highest BCUT2D eigenvalue weighted by Crippen LogP contribution is 2.34. The number of hydrogen-bond acceptors (Lipinski definition) is 7. The number of hydrogen-bond donors (Lipinski definition) is 1. The summed E-state index contributed by atoms with van der Waals surface area (Å²) in [6.07, 6.45) is 3.02. The van der Waals surface area contributed by atoms with Crippen molar-refractivity contribution in [2.45, 2.75) is 90.8 Å². The Hall–Kier alpha value is -1.76. The molecule has 1 heterocycles. The third-order valence-corrected chi connectivity index (χ3v) is 5.23. The highest BCUT2D eigenvalue weighted by atomic mass is 16.7. The summed E-state index contributed by atoms with van der Waals surface area (Å²) in [7, 11) is 0. The second kappa shape index (κ2) is 10.5. The summed E-state index contributed by atoms with van der Waals surface area (Å²) >= 11 is 0. The van der Waals surface area contributed by atoms with Crippen molar-refractivity contribution >= 4 is 23.7 Å². The van der Waals surface area contributed by atoms with Gasteiger partial charge in [-0.05, 0) is 25.7 Å². The van der Waals surface area contributed by atoms with Crippen LogP contribution in [0.25, 0.3) is 0 Å². The molecular weight excluding hydrogens is 352 g/mol. The largest absolute Gasteiger partial charge is 0.435 e. The van der Waals surface area contributed by atoms with Gasteiger partial charge in [0.2, 0.25) is 6.10 Å². The molecule has 1 N–H and O–H groups in total. The molecule has 0 radical (unpaired) electrons. The van der Waals surface area contributed by atoms with Gasteiger partial charge in [0.05, 0.1) is 5.92 Å². The van der Waals surface area contributed by atoms with E-state index in [9.17, 15) is 24.3 Å². The van der Waals surface area contributed by atoms with Crippen molar-refractivity contribution in [1.82, 2.24) is 0 Å². The molecule has 1 fully saturated rings. The molecule has 0 saturated carbocycles. The minimum atomic E-state index is -2.58. The van der Waals surface area contributed by atoms with E-state index in [0.717, 1.165) is 25.7 Å². The number of aliphatic hydroxyl groups excluding tert-OH is 1. The van der Waals surface area contributed by atoms with Crippen molar-refractivity contribution in [3.05, 3.63) is 0 Å². The highest BCUT2D eigenvalue weighted by Gasteiger charge is 2.67. The van der Waals surface area contributed by atoms with Crippen LogP contribution in [0, 0.1) is 11.8 Å². The number of ketones is 1. The van der Waals surface area contributed by atoms with Gasteiger partial charge < -0.3 is 14.6 Å². The number of rotatable bonds is 12. The summed E-state index contributed by atoms with van der Waals surface area (Å²) in [5, 5.41) is 10.3. The first-order chi connectivity index (χ1) is 12.8. The fourth-order valence-corrected chi connectivity index (χ4v) is 3.34. The van der Waals surface area contributed by atoms with Gasteiger partial charge in [-0.25, -0.2) is 9.59 Å². The molecule has 1 saturated heterocycles. The monoisotopic (exact) mass is 384 g/mol. The lowest BCUT2D eigenvalue weighted by atomic mass is 9.81. The molecule has 0 aromatic heterocycles. The number of esters is 3. The zero-order valence-corrected chi connectivity index (χ0v) is 16.8. The van der Waals surface area contributed by atoms with Crippen LogP contribution in [0.5, 0.6) is 0 Å². The molecule has 1 rings (SSSR count). The van der Waals surface area contributed by atoms with Crippen molar-refractivity contribution in [3.8, 4) is 0 Å². The number of ether oxygens (including phenoxy) is 2. The third-order valence-electron chi connectivity index (χ3n) is 5.23. The van der Waals surface area contributed by atoms with Crippen LogP contribution >= 0.6 is 0 Å². The van der Waals surface area contributed by atoms with Gasteiger partial charge in [-0.2, -0.15) is 0 Å².